The van der Waals surface area contributed by atoms with Gasteiger partial charge >= 0.3 is 13.1 Å². The van der Waals surface area contributed by atoms with E-state index >= 15 is 0 Å². The van der Waals surface area contributed by atoms with Gasteiger partial charge in [-0.05, 0) is 52.7 Å². The van der Waals surface area contributed by atoms with Crippen LogP contribution in [-0.4, -0.2) is 40.5 Å². The number of carboxylic acid groups (broad SMARTS) is 1. The second-order valence-electron chi connectivity index (χ2n) is 6.79. The van der Waals surface area contributed by atoms with Gasteiger partial charge in [0.05, 0.1) is 17.3 Å². The summed E-state index contributed by atoms with van der Waals surface area (Å²) in [7, 11) is -0.738. The number of nitrogens with zero attached hydrogens (tertiary/aromatic N) is 1. The zero-order valence-corrected chi connectivity index (χ0v) is 13.3. The summed E-state index contributed by atoms with van der Waals surface area (Å²) >= 11 is 0. The van der Waals surface area contributed by atoms with Crippen LogP contribution in [0.5, 0.6) is 5.75 Å². The average Bonchev–Trinajstić information content (AvgIpc) is 3.17. The number of hydrogen-bond donors (Lipinski definition) is 1. The molecule has 1 aromatic rings. The second kappa shape index (κ2) is 4.96. The Labute approximate surface area is 129 Å². The van der Waals surface area contributed by atoms with E-state index in [0.717, 1.165) is 12.8 Å². The smallest absolute Gasteiger partial charge is 0.489 e. The fourth-order valence-corrected chi connectivity index (χ4v) is 2.17. The number of aromatic carboxylic acids is 1. The number of aromatic nitrogens is 1. The normalized spacial score (nSPS) is 22.6. The fraction of sp³-hybridized carbons (Fsp3) is 0.600. The molecular weight excluding hydrogens is 285 g/mol. The molecule has 0 atom stereocenters. The van der Waals surface area contributed by atoms with Gasteiger partial charge in [-0.2, -0.15) is 0 Å². The maximum absolute atomic E-state index is 11.2. The lowest BCUT2D eigenvalue weighted by atomic mass is 9.83. The summed E-state index contributed by atoms with van der Waals surface area (Å²) in [4.78, 5) is 15.4. The van der Waals surface area contributed by atoms with Crippen LogP contribution in [0.25, 0.3) is 0 Å². The Morgan fingerprint density at radius 1 is 1.27 bits per heavy atom. The summed E-state index contributed by atoms with van der Waals surface area (Å²) in [6, 6.07) is 3.07. The van der Waals surface area contributed by atoms with Gasteiger partial charge < -0.3 is 19.2 Å². The lowest BCUT2D eigenvalue weighted by Crippen LogP contribution is -2.41. The van der Waals surface area contributed by atoms with Gasteiger partial charge in [0.2, 0.25) is 0 Å². The third-order valence-electron chi connectivity index (χ3n) is 4.40. The lowest BCUT2D eigenvalue weighted by molar-refractivity contribution is 0.00578. The summed E-state index contributed by atoms with van der Waals surface area (Å²) < 4.78 is 17.8. The van der Waals surface area contributed by atoms with Crippen LogP contribution in [0, 0.1) is 0 Å². The Balaban J connectivity index is 1.96. The zero-order chi connectivity index (χ0) is 16.1. The summed E-state index contributed by atoms with van der Waals surface area (Å²) in [6.45, 7) is 7.76. The summed E-state index contributed by atoms with van der Waals surface area (Å²) in [6.07, 6.45) is 2.19. The molecule has 0 bridgehead atoms. The Bertz CT molecular complexity index is 596. The van der Waals surface area contributed by atoms with Crippen molar-refractivity contribution in [3.05, 3.63) is 17.8 Å². The molecule has 6 nitrogen and oxygen atoms in total. The third-order valence-corrected chi connectivity index (χ3v) is 4.40. The van der Waals surface area contributed by atoms with E-state index in [1.165, 1.54) is 6.07 Å². The number of pyridine rings is 1. The molecule has 0 radical (unpaired) electrons. The van der Waals surface area contributed by atoms with Gasteiger partial charge in [-0.3, -0.25) is 0 Å². The Kier molecular flexibility index (Phi) is 3.45. The first-order chi connectivity index (χ1) is 10.2. The predicted molar refractivity (Wildman–Crippen MR) is 80.6 cm³/mol. The van der Waals surface area contributed by atoms with E-state index in [-0.39, 0.29) is 11.8 Å². The molecule has 0 unspecified atom stereocenters. The molecular formula is C15H20BNO5. The van der Waals surface area contributed by atoms with Crippen LogP contribution in [0.1, 0.15) is 51.0 Å². The van der Waals surface area contributed by atoms with E-state index in [9.17, 15) is 4.79 Å². The van der Waals surface area contributed by atoms with Crippen LogP contribution >= 0.6 is 0 Å². The molecule has 0 spiro atoms. The largest absolute Gasteiger partial charge is 0.518 e. The van der Waals surface area contributed by atoms with E-state index in [1.54, 1.807) is 6.07 Å². The van der Waals surface area contributed by atoms with Crippen molar-refractivity contribution in [2.24, 2.45) is 0 Å². The van der Waals surface area contributed by atoms with Gasteiger partial charge in [0.25, 0.3) is 0 Å². The van der Waals surface area contributed by atoms with Crippen molar-refractivity contribution in [1.29, 1.82) is 0 Å². The summed E-state index contributed by atoms with van der Waals surface area (Å²) in [5.41, 5.74) is -0.691. The van der Waals surface area contributed by atoms with Gasteiger partial charge in [-0.25, -0.2) is 9.78 Å². The van der Waals surface area contributed by atoms with Gasteiger partial charge in [0, 0.05) is 0 Å². The fourth-order valence-electron chi connectivity index (χ4n) is 2.17. The quantitative estimate of drug-likeness (QED) is 0.852. The highest BCUT2D eigenvalue weighted by molar-refractivity contribution is 6.62. The molecule has 2 heterocycles. The minimum atomic E-state index is -1.09. The Hall–Kier alpha value is -1.60. The second-order valence-corrected chi connectivity index (χ2v) is 6.79. The Morgan fingerprint density at radius 3 is 2.36 bits per heavy atom. The molecule has 1 aliphatic carbocycles. The number of carbonyl (C=O) groups is 1. The first-order valence-corrected chi connectivity index (χ1v) is 7.46. The third kappa shape index (κ3) is 2.70. The van der Waals surface area contributed by atoms with Crippen LogP contribution in [0.2, 0.25) is 0 Å². The van der Waals surface area contributed by atoms with E-state index in [0.29, 0.717) is 11.3 Å². The van der Waals surface area contributed by atoms with Crippen molar-refractivity contribution < 1.29 is 23.9 Å². The van der Waals surface area contributed by atoms with Crippen molar-refractivity contribution in [3.8, 4) is 5.75 Å². The average molecular weight is 305 g/mol. The first-order valence-electron chi connectivity index (χ1n) is 7.46. The Morgan fingerprint density at radius 2 is 1.86 bits per heavy atom. The van der Waals surface area contributed by atoms with Gasteiger partial charge in [-0.15, -0.1) is 0 Å². The van der Waals surface area contributed by atoms with Crippen molar-refractivity contribution in [2.75, 3.05) is 0 Å². The summed E-state index contributed by atoms with van der Waals surface area (Å²) in [5, 5.41) is 9.16. The topological polar surface area (TPSA) is 77.9 Å². The molecule has 1 saturated carbocycles. The molecule has 1 N–H and O–H groups in total. The molecule has 0 aromatic carbocycles. The van der Waals surface area contributed by atoms with E-state index < -0.39 is 24.3 Å². The van der Waals surface area contributed by atoms with Crippen LogP contribution < -0.4 is 10.3 Å². The lowest BCUT2D eigenvalue weighted by Gasteiger charge is -2.32. The molecule has 7 heteroatoms. The van der Waals surface area contributed by atoms with Crippen molar-refractivity contribution >= 4 is 18.7 Å². The maximum Gasteiger partial charge on any atom is 0.518 e. The van der Waals surface area contributed by atoms with Gasteiger partial charge in [0.15, 0.2) is 0 Å². The minimum absolute atomic E-state index is 0.0483. The predicted octanol–water partition coefficient (Wildman–Crippen LogP) is 1.62. The highest BCUT2D eigenvalue weighted by Crippen LogP contribution is 2.37. The van der Waals surface area contributed by atoms with E-state index in [2.05, 4.69) is 4.98 Å². The van der Waals surface area contributed by atoms with E-state index in [4.69, 9.17) is 19.2 Å². The molecule has 2 aliphatic rings. The van der Waals surface area contributed by atoms with Crippen LogP contribution in [0.3, 0.4) is 0 Å². The van der Waals surface area contributed by atoms with Crippen LogP contribution in [0.4, 0.5) is 0 Å². The van der Waals surface area contributed by atoms with Gasteiger partial charge in [-0.1, -0.05) is 0 Å². The molecule has 1 saturated heterocycles. The molecule has 0 amide bonds. The standard InChI is InChI=1S/C15H20BNO5/c1-14(2)15(3,4)22-16(21-14)12-11(20-9-5-6-9)8-7-10(17-12)13(18)19/h7-9H,5-6H2,1-4H3,(H,18,19). The highest BCUT2D eigenvalue weighted by Gasteiger charge is 2.53. The number of rotatable bonds is 4. The first kappa shape index (κ1) is 15.3. The monoisotopic (exact) mass is 305 g/mol. The maximum atomic E-state index is 11.2. The molecule has 1 aromatic heterocycles. The summed E-state index contributed by atoms with van der Waals surface area (Å²) in [5.74, 6) is -0.554. The number of ether oxygens (including phenoxy) is 1. The molecule has 22 heavy (non-hydrogen) atoms. The van der Waals surface area contributed by atoms with Crippen LogP contribution in [0.15, 0.2) is 12.1 Å². The van der Waals surface area contributed by atoms with Crippen molar-refractivity contribution in [3.63, 3.8) is 0 Å². The molecule has 3 rings (SSSR count). The molecule has 1 aliphatic heterocycles. The van der Waals surface area contributed by atoms with Crippen molar-refractivity contribution in [2.45, 2.75) is 57.8 Å². The van der Waals surface area contributed by atoms with Crippen molar-refractivity contribution in [1.82, 2.24) is 4.98 Å². The van der Waals surface area contributed by atoms with Gasteiger partial charge in [0.1, 0.15) is 17.0 Å². The SMILES string of the molecule is CC1(C)OB(c2nc(C(=O)O)ccc2OC2CC2)OC1(C)C. The number of hydrogen-bond acceptors (Lipinski definition) is 5. The molecule has 118 valence electrons. The molecule has 2 fully saturated rings. The number of carboxylic acids is 1. The van der Waals surface area contributed by atoms with E-state index in [1.807, 2.05) is 27.7 Å². The van der Waals surface area contributed by atoms with Crippen LogP contribution in [-0.2, 0) is 9.31 Å². The highest BCUT2D eigenvalue weighted by atomic mass is 16.7. The minimum Gasteiger partial charge on any atom is -0.489 e. The zero-order valence-electron chi connectivity index (χ0n) is 13.3.